The summed E-state index contributed by atoms with van der Waals surface area (Å²) < 4.78 is 7.66. The molecule has 0 bridgehead atoms. The van der Waals surface area contributed by atoms with Gasteiger partial charge in [-0.3, -0.25) is 9.55 Å². The van der Waals surface area contributed by atoms with Gasteiger partial charge in [-0.05, 0) is 36.6 Å². The number of hydrogen-bond donors (Lipinski definition) is 1. The molecule has 0 aliphatic rings. The fourth-order valence-corrected chi connectivity index (χ4v) is 2.68. The molecule has 0 radical (unpaired) electrons. The summed E-state index contributed by atoms with van der Waals surface area (Å²) in [6.45, 7) is 2.62. The molecule has 2 N–H and O–H groups in total. The molecule has 3 aromatic rings. The van der Waals surface area contributed by atoms with E-state index in [0.29, 0.717) is 24.1 Å². The van der Waals surface area contributed by atoms with Gasteiger partial charge in [0.25, 0.3) is 0 Å². The van der Waals surface area contributed by atoms with Gasteiger partial charge in [-0.15, -0.1) is 0 Å². The number of nitrogens with zero attached hydrogens (tertiary/aromatic N) is 4. The van der Waals surface area contributed by atoms with Crippen molar-refractivity contribution in [3.05, 3.63) is 52.7 Å². The fourth-order valence-electron chi connectivity index (χ4n) is 2.68. The van der Waals surface area contributed by atoms with E-state index in [2.05, 4.69) is 9.97 Å². The van der Waals surface area contributed by atoms with E-state index in [4.69, 9.17) is 10.5 Å². The molecule has 0 saturated heterocycles. The van der Waals surface area contributed by atoms with E-state index in [-0.39, 0.29) is 12.4 Å². The highest BCUT2D eigenvalue weighted by atomic mass is 16.5. The van der Waals surface area contributed by atoms with Crippen LogP contribution in [0.5, 0.6) is 0 Å². The molecular weight excluding hydrogens is 334 g/mol. The Hall–Kier alpha value is -3.16. The maximum absolute atomic E-state index is 12.8. The summed E-state index contributed by atoms with van der Waals surface area (Å²) in [6.07, 6.45) is 4.95. The monoisotopic (exact) mass is 355 g/mol. The standard InChI is InChI=1S/C18H21N5O3/c1-2-3-11-26-18(25)23-14-6-7-15(19)21-16(14)22(17(23)24)10-8-13-5-4-9-20-12-13/h4-7,9,12H,2-3,8,10-11H2,1H3,(H2,19,21). The van der Waals surface area contributed by atoms with Crippen LogP contribution >= 0.6 is 0 Å². The summed E-state index contributed by atoms with van der Waals surface area (Å²) in [5.41, 5.74) is 7.02. The Labute approximate surface area is 150 Å². The number of nitrogen functional groups attached to an aromatic ring is 1. The van der Waals surface area contributed by atoms with Gasteiger partial charge in [0, 0.05) is 18.9 Å². The molecule has 3 aromatic heterocycles. The van der Waals surface area contributed by atoms with Gasteiger partial charge in [-0.2, -0.15) is 4.57 Å². The molecule has 0 unspecified atom stereocenters. The molecule has 0 atom stereocenters. The first-order valence-corrected chi connectivity index (χ1v) is 8.55. The molecule has 0 aliphatic heterocycles. The number of ether oxygens (including phenoxy) is 1. The Kier molecular flexibility index (Phi) is 5.31. The Morgan fingerprint density at radius 1 is 1.31 bits per heavy atom. The lowest BCUT2D eigenvalue weighted by Crippen LogP contribution is -2.30. The van der Waals surface area contributed by atoms with Crippen LogP contribution in [0.1, 0.15) is 25.3 Å². The molecule has 0 aromatic carbocycles. The molecule has 0 spiro atoms. The Morgan fingerprint density at radius 2 is 2.15 bits per heavy atom. The average Bonchev–Trinajstić information content (AvgIpc) is 2.91. The van der Waals surface area contributed by atoms with Crippen LogP contribution in [0.2, 0.25) is 0 Å². The first kappa shape index (κ1) is 17.7. The van der Waals surface area contributed by atoms with Crippen LogP contribution in [0.15, 0.2) is 41.5 Å². The maximum Gasteiger partial charge on any atom is 0.422 e. The second kappa shape index (κ2) is 7.81. The highest BCUT2D eigenvalue weighted by Crippen LogP contribution is 2.14. The van der Waals surface area contributed by atoms with E-state index in [1.165, 1.54) is 4.57 Å². The fraction of sp³-hybridized carbons (Fsp3) is 0.333. The molecule has 0 saturated carbocycles. The number of hydrogen-bond acceptors (Lipinski definition) is 6. The number of unbranched alkanes of at least 4 members (excludes halogenated alkanes) is 1. The number of aromatic nitrogens is 4. The van der Waals surface area contributed by atoms with Crippen LogP contribution in [-0.4, -0.2) is 31.8 Å². The number of anilines is 1. The Balaban J connectivity index is 1.97. The summed E-state index contributed by atoms with van der Waals surface area (Å²) in [5, 5.41) is 0. The van der Waals surface area contributed by atoms with E-state index >= 15 is 0 Å². The SMILES string of the molecule is CCCCOC(=O)n1c(=O)n(CCc2cccnc2)c2nc(N)ccc21. The van der Waals surface area contributed by atoms with Crippen molar-refractivity contribution in [2.45, 2.75) is 32.7 Å². The van der Waals surface area contributed by atoms with Gasteiger partial charge in [0.1, 0.15) is 11.3 Å². The first-order chi connectivity index (χ1) is 12.6. The van der Waals surface area contributed by atoms with E-state index in [1.54, 1.807) is 24.5 Å². The van der Waals surface area contributed by atoms with Gasteiger partial charge >= 0.3 is 11.8 Å². The van der Waals surface area contributed by atoms with Gasteiger partial charge in [-0.1, -0.05) is 19.4 Å². The molecule has 0 amide bonds. The third-order valence-corrected chi connectivity index (χ3v) is 4.05. The van der Waals surface area contributed by atoms with Crippen molar-refractivity contribution in [3.8, 4) is 0 Å². The minimum absolute atomic E-state index is 0.270. The average molecular weight is 355 g/mol. The summed E-state index contributed by atoms with van der Waals surface area (Å²) in [4.78, 5) is 33.5. The predicted molar refractivity (Wildman–Crippen MR) is 98.0 cm³/mol. The molecule has 0 aliphatic carbocycles. The van der Waals surface area contributed by atoms with Crippen molar-refractivity contribution in [1.29, 1.82) is 0 Å². The molecule has 136 valence electrons. The number of nitrogens with two attached hydrogens (primary N) is 1. The summed E-state index contributed by atoms with van der Waals surface area (Å²) in [7, 11) is 0. The van der Waals surface area contributed by atoms with Crippen molar-refractivity contribution >= 4 is 23.1 Å². The first-order valence-electron chi connectivity index (χ1n) is 8.55. The number of carbonyl (C=O) groups is 1. The summed E-state index contributed by atoms with van der Waals surface area (Å²) in [5.74, 6) is 0.282. The van der Waals surface area contributed by atoms with Crippen molar-refractivity contribution in [3.63, 3.8) is 0 Å². The van der Waals surface area contributed by atoms with Gasteiger partial charge < -0.3 is 10.5 Å². The predicted octanol–water partition coefficient (Wildman–Crippen LogP) is 2.20. The number of rotatable bonds is 6. The lowest BCUT2D eigenvalue weighted by atomic mass is 10.2. The van der Waals surface area contributed by atoms with Crippen LogP contribution in [-0.2, 0) is 17.7 Å². The van der Waals surface area contributed by atoms with Gasteiger partial charge in [0.15, 0.2) is 5.65 Å². The number of carbonyl (C=O) groups excluding carboxylic acids is 1. The second-order valence-electron chi connectivity index (χ2n) is 5.93. The minimum atomic E-state index is -0.694. The van der Waals surface area contributed by atoms with Crippen LogP contribution in [0.4, 0.5) is 10.6 Å². The topological polar surface area (TPSA) is 105 Å². The van der Waals surface area contributed by atoms with Crippen molar-refractivity contribution in [1.82, 2.24) is 19.1 Å². The highest BCUT2D eigenvalue weighted by Gasteiger charge is 2.20. The molecule has 3 heterocycles. The highest BCUT2D eigenvalue weighted by molar-refractivity contribution is 5.85. The number of fused-ring (bicyclic) bond motifs is 1. The van der Waals surface area contributed by atoms with E-state index < -0.39 is 11.8 Å². The van der Waals surface area contributed by atoms with Gasteiger partial charge in [-0.25, -0.2) is 14.6 Å². The minimum Gasteiger partial charge on any atom is -0.449 e. The lowest BCUT2D eigenvalue weighted by Gasteiger charge is -2.04. The van der Waals surface area contributed by atoms with Crippen LogP contribution in [0.3, 0.4) is 0 Å². The normalized spacial score (nSPS) is 11.0. The Morgan fingerprint density at radius 3 is 2.88 bits per heavy atom. The van der Waals surface area contributed by atoms with E-state index in [1.807, 2.05) is 19.1 Å². The van der Waals surface area contributed by atoms with Crippen LogP contribution < -0.4 is 11.4 Å². The quantitative estimate of drug-likeness (QED) is 0.680. The van der Waals surface area contributed by atoms with Crippen molar-refractivity contribution in [2.75, 3.05) is 12.3 Å². The zero-order valence-electron chi connectivity index (χ0n) is 14.6. The van der Waals surface area contributed by atoms with Crippen molar-refractivity contribution < 1.29 is 9.53 Å². The largest absolute Gasteiger partial charge is 0.449 e. The molecule has 3 rings (SSSR count). The number of aryl methyl sites for hydroxylation is 2. The third-order valence-electron chi connectivity index (χ3n) is 4.05. The maximum atomic E-state index is 12.8. The molecule has 8 nitrogen and oxygen atoms in total. The third kappa shape index (κ3) is 3.58. The molecular formula is C18H21N5O3. The zero-order valence-corrected chi connectivity index (χ0v) is 14.6. The molecule has 8 heteroatoms. The Bertz CT molecular complexity index is 962. The number of pyridine rings is 2. The molecule has 26 heavy (non-hydrogen) atoms. The number of imidazole rings is 1. The summed E-state index contributed by atoms with van der Waals surface area (Å²) in [6, 6.07) is 6.94. The second-order valence-corrected chi connectivity index (χ2v) is 5.93. The van der Waals surface area contributed by atoms with Crippen molar-refractivity contribution in [2.24, 2.45) is 0 Å². The van der Waals surface area contributed by atoms with E-state index in [9.17, 15) is 9.59 Å². The molecule has 0 fully saturated rings. The van der Waals surface area contributed by atoms with Crippen LogP contribution in [0.25, 0.3) is 11.2 Å². The summed E-state index contributed by atoms with van der Waals surface area (Å²) >= 11 is 0. The zero-order chi connectivity index (χ0) is 18.5. The van der Waals surface area contributed by atoms with Gasteiger partial charge in [0.2, 0.25) is 0 Å². The smallest absolute Gasteiger partial charge is 0.422 e. The van der Waals surface area contributed by atoms with Gasteiger partial charge in [0.05, 0.1) is 6.61 Å². The van der Waals surface area contributed by atoms with Crippen LogP contribution in [0, 0.1) is 0 Å². The lowest BCUT2D eigenvalue weighted by molar-refractivity contribution is 0.146. The van der Waals surface area contributed by atoms with E-state index in [0.717, 1.165) is 23.0 Å².